The number of ether oxygens (including phenoxy) is 1. The van der Waals surface area contributed by atoms with Crippen LogP contribution in [-0.4, -0.2) is 49.2 Å². The highest BCUT2D eigenvalue weighted by molar-refractivity contribution is 5.93. The number of benzene rings is 1. The topological polar surface area (TPSA) is 41.6 Å². The van der Waals surface area contributed by atoms with Crippen LogP contribution in [0.15, 0.2) is 24.3 Å². The summed E-state index contributed by atoms with van der Waals surface area (Å²) in [7, 11) is 0. The van der Waals surface area contributed by atoms with Gasteiger partial charge in [0.2, 0.25) is 5.91 Å². The van der Waals surface area contributed by atoms with Crippen molar-refractivity contribution in [2.75, 3.05) is 32.8 Å². The van der Waals surface area contributed by atoms with Crippen LogP contribution in [0.3, 0.4) is 0 Å². The standard InChI is InChI=1S/C20H29FN2O2/c1-18(2)13-20(18,15-7-5-6-8-16(15)21)17(24)22-19(3,4)14-23-9-11-25-12-10-23/h5-8H,9-14H2,1-4H3,(H,22,24)/t20-/m0/s1. The molecule has 1 atom stereocenters. The molecule has 3 rings (SSSR count). The largest absolute Gasteiger partial charge is 0.379 e. The van der Waals surface area contributed by atoms with Crippen molar-refractivity contribution in [3.63, 3.8) is 0 Å². The Bertz CT molecular complexity index is 653. The van der Waals surface area contributed by atoms with Crippen molar-refractivity contribution in [2.24, 2.45) is 5.41 Å². The van der Waals surface area contributed by atoms with E-state index in [-0.39, 0.29) is 22.7 Å². The Labute approximate surface area is 149 Å². The third-order valence-corrected chi connectivity index (χ3v) is 5.63. The quantitative estimate of drug-likeness (QED) is 0.890. The molecule has 1 saturated heterocycles. The molecule has 1 aromatic rings. The SMILES string of the molecule is CC(C)(CN1CCOCC1)NC(=O)[C@@]1(c2ccccc2F)CC1(C)C. The van der Waals surface area contributed by atoms with Crippen LogP contribution in [0.1, 0.15) is 39.7 Å². The van der Waals surface area contributed by atoms with Crippen LogP contribution in [0.2, 0.25) is 0 Å². The minimum absolute atomic E-state index is 0.0686. The van der Waals surface area contributed by atoms with Gasteiger partial charge in [-0.3, -0.25) is 9.69 Å². The number of nitrogens with one attached hydrogen (secondary N) is 1. The number of rotatable bonds is 5. The lowest BCUT2D eigenvalue weighted by atomic mass is 9.85. The highest BCUT2D eigenvalue weighted by atomic mass is 19.1. The summed E-state index contributed by atoms with van der Waals surface area (Å²) in [5.41, 5.74) is -0.889. The zero-order valence-electron chi connectivity index (χ0n) is 15.7. The van der Waals surface area contributed by atoms with E-state index < -0.39 is 5.41 Å². The van der Waals surface area contributed by atoms with Gasteiger partial charge in [0.15, 0.2) is 0 Å². The van der Waals surface area contributed by atoms with Gasteiger partial charge in [0.05, 0.1) is 18.6 Å². The summed E-state index contributed by atoms with van der Waals surface area (Å²) in [5, 5.41) is 3.20. The van der Waals surface area contributed by atoms with Crippen molar-refractivity contribution in [3.8, 4) is 0 Å². The first kappa shape index (κ1) is 18.3. The average molecular weight is 348 g/mol. The lowest BCUT2D eigenvalue weighted by molar-refractivity contribution is -0.126. The first-order chi connectivity index (χ1) is 11.7. The number of nitrogens with zero attached hydrogens (tertiary/aromatic N) is 1. The highest BCUT2D eigenvalue weighted by Crippen LogP contribution is 2.64. The summed E-state index contributed by atoms with van der Waals surface area (Å²) < 4.78 is 19.8. The third-order valence-electron chi connectivity index (χ3n) is 5.63. The van der Waals surface area contributed by atoms with Crippen molar-refractivity contribution < 1.29 is 13.9 Å². The average Bonchev–Trinajstić information content (AvgIpc) is 3.11. The molecular formula is C20H29FN2O2. The second kappa shape index (κ2) is 6.36. The molecule has 2 aliphatic rings. The molecule has 1 aliphatic carbocycles. The maximum absolute atomic E-state index is 14.4. The van der Waals surface area contributed by atoms with E-state index in [2.05, 4.69) is 10.2 Å². The maximum atomic E-state index is 14.4. The van der Waals surface area contributed by atoms with Crippen LogP contribution < -0.4 is 5.32 Å². The van der Waals surface area contributed by atoms with Crippen LogP contribution in [-0.2, 0) is 14.9 Å². The number of hydrogen-bond donors (Lipinski definition) is 1. The Morgan fingerprint density at radius 3 is 2.44 bits per heavy atom. The number of carbonyl (C=O) groups excluding carboxylic acids is 1. The first-order valence-electron chi connectivity index (χ1n) is 9.06. The molecule has 0 spiro atoms. The van der Waals surface area contributed by atoms with Crippen LogP contribution in [0, 0.1) is 11.2 Å². The van der Waals surface area contributed by atoms with Gasteiger partial charge in [-0.15, -0.1) is 0 Å². The smallest absolute Gasteiger partial charge is 0.231 e. The molecule has 25 heavy (non-hydrogen) atoms. The van der Waals surface area contributed by atoms with Crippen molar-refractivity contribution in [2.45, 2.75) is 45.1 Å². The molecule has 0 bridgehead atoms. The van der Waals surface area contributed by atoms with Gasteiger partial charge >= 0.3 is 0 Å². The zero-order valence-corrected chi connectivity index (χ0v) is 15.7. The number of hydrogen-bond acceptors (Lipinski definition) is 3. The van der Waals surface area contributed by atoms with E-state index in [9.17, 15) is 9.18 Å². The number of amides is 1. The third kappa shape index (κ3) is 3.44. The fourth-order valence-corrected chi connectivity index (χ4v) is 4.17. The van der Waals surface area contributed by atoms with E-state index in [1.165, 1.54) is 6.07 Å². The molecule has 0 aromatic heterocycles. The normalized spacial score (nSPS) is 26.3. The molecule has 1 amide bonds. The zero-order chi connectivity index (χ0) is 18.3. The summed E-state index contributed by atoms with van der Waals surface area (Å²) in [5.74, 6) is -0.366. The summed E-state index contributed by atoms with van der Waals surface area (Å²) in [6.45, 7) is 12.1. The van der Waals surface area contributed by atoms with Gasteiger partial charge in [-0.2, -0.15) is 0 Å². The van der Waals surface area contributed by atoms with E-state index in [0.29, 0.717) is 12.0 Å². The number of halogens is 1. The van der Waals surface area contributed by atoms with Crippen molar-refractivity contribution in [3.05, 3.63) is 35.6 Å². The molecule has 1 aliphatic heterocycles. The Morgan fingerprint density at radius 2 is 1.88 bits per heavy atom. The van der Waals surface area contributed by atoms with Crippen LogP contribution in [0.25, 0.3) is 0 Å². The Hall–Kier alpha value is -1.46. The van der Waals surface area contributed by atoms with Crippen molar-refractivity contribution in [1.82, 2.24) is 10.2 Å². The summed E-state index contributed by atoms with van der Waals surface area (Å²) in [6.07, 6.45) is 0.667. The second-order valence-corrected chi connectivity index (χ2v) is 8.67. The fraction of sp³-hybridized carbons (Fsp3) is 0.650. The Kier molecular flexibility index (Phi) is 4.67. The monoisotopic (exact) mass is 348 g/mol. The number of morpholine rings is 1. The van der Waals surface area contributed by atoms with E-state index in [1.54, 1.807) is 18.2 Å². The van der Waals surface area contributed by atoms with Crippen LogP contribution in [0.4, 0.5) is 4.39 Å². The van der Waals surface area contributed by atoms with Crippen molar-refractivity contribution >= 4 is 5.91 Å². The summed E-state index contributed by atoms with van der Waals surface area (Å²) in [6, 6.07) is 6.67. The van der Waals surface area contributed by atoms with E-state index >= 15 is 0 Å². The molecule has 4 nitrogen and oxygen atoms in total. The molecule has 1 saturated carbocycles. The molecule has 1 N–H and O–H groups in total. The maximum Gasteiger partial charge on any atom is 0.231 e. The molecule has 0 radical (unpaired) electrons. The second-order valence-electron chi connectivity index (χ2n) is 8.67. The molecule has 5 heteroatoms. The first-order valence-corrected chi connectivity index (χ1v) is 9.06. The van der Waals surface area contributed by atoms with E-state index in [1.807, 2.05) is 27.7 Å². The molecule has 1 heterocycles. The number of carbonyl (C=O) groups is 1. The van der Waals surface area contributed by atoms with Crippen LogP contribution in [0.5, 0.6) is 0 Å². The van der Waals surface area contributed by atoms with Gasteiger partial charge in [-0.25, -0.2) is 4.39 Å². The van der Waals surface area contributed by atoms with Gasteiger partial charge in [-0.05, 0) is 31.7 Å². The van der Waals surface area contributed by atoms with Gasteiger partial charge in [0, 0.05) is 30.7 Å². The van der Waals surface area contributed by atoms with Gasteiger partial charge in [0.25, 0.3) is 0 Å². The van der Waals surface area contributed by atoms with Crippen molar-refractivity contribution in [1.29, 1.82) is 0 Å². The minimum atomic E-state index is -0.777. The van der Waals surface area contributed by atoms with E-state index in [4.69, 9.17) is 4.74 Å². The van der Waals surface area contributed by atoms with Crippen LogP contribution >= 0.6 is 0 Å². The predicted octanol–water partition coefficient (Wildman–Crippen LogP) is 2.72. The lowest BCUT2D eigenvalue weighted by Gasteiger charge is -2.36. The molecule has 0 unspecified atom stereocenters. The minimum Gasteiger partial charge on any atom is -0.379 e. The Morgan fingerprint density at radius 1 is 1.28 bits per heavy atom. The van der Waals surface area contributed by atoms with Gasteiger partial charge in [-0.1, -0.05) is 32.0 Å². The molecule has 2 fully saturated rings. The Balaban J connectivity index is 1.77. The molecular weight excluding hydrogens is 319 g/mol. The predicted molar refractivity (Wildman–Crippen MR) is 96.0 cm³/mol. The molecule has 1 aromatic carbocycles. The van der Waals surface area contributed by atoms with Gasteiger partial charge < -0.3 is 10.1 Å². The highest BCUT2D eigenvalue weighted by Gasteiger charge is 2.68. The van der Waals surface area contributed by atoms with E-state index in [0.717, 1.165) is 32.8 Å². The summed E-state index contributed by atoms with van der Waals surface area (Å²) in [4.78, 5) is 15.5. The fourth-order valence-electron chi connectivity index (χ4n) is 4.17. The van der Waals surface area contributed by atoms with Gasteiger partial charge in [0.1, 0.15) is 5.82 Å². The summed E-state index contributed by atoms with van der Waals surface area (Å²) >= 11 is 0. The molecule has 138 valence electrons. The lowest BCUT2D eigenvalue weighted by Crippen LogP contribution is -2.56.